The summed E-state index contributed by atoms with van der Waals surface area (Å²) in [4.78, 5) is 15.1. The highest BCUT2D eigenvalue weighted by Crippen LogP contribution is 2.59. The van der Waals surface area contributed by atoms with E-state index in [2.05, 4.69) is 25.2 Å². The lowest BCUT2D eigenvalue weighted by Crippen LogP contribution is -2.38. The van der Waals surface area contributed by atoms with E-state index in [1.54, 1.807) is 7.11 Å². The summed E-state index contributed by atoms with van der Waals surface area (Å²) in [6.07, 6.45) is 3.37. The fourth-order valence-electron chi connectivity index (χ4n) is 4.08. The predicted molar refractivity (Wildman–Crippen MR) is 91.4 cm³/mol. The first kappa shape index (κ1) is 16.3. The fourth-order valence-corrected chi connectivity index (χ4v) is 4.08. The van der Waals surface area contributed by atoms with Crippen LogP contribution in [0.4, 0.5) is 0 Å². The number of benzene rings is 1. The van der Waals surface area contributed by atoms with Crippen LogP contribution < -0.4 is 10.1 Å². The second-order valence-electron chi connectivity index (χ2n) is 6.95. The quantitative estimate of drug-likeness (QED) is 0.908. The molecule has 0 aromatic heterocycles. The van der Waals surface area contributed by atoms with Gasteiger partial charge in [-0.15, -0.1) is 0 Å². The number of hydrogen-bond acceptors (Lipinski definition) is 3. The third kappa shape index (κ3) is 3.09. The normalized spacial score (nSPS) is 23.3. The number of amides is 1. The molecule has 0 radical (unpaired) electrons. The molecule has 1 heterocycles. The summed E-state index contributed by atoms with van der Waals surface area (Å²) < 4.78 is 5.32. The van der Waals surface area contributed by atoms with Gasteiger partial charge in [0.2, 0.25) is 5.91 Å². The molecule has 1 aromatic rings. The average molecular weight is 316 g/mol. The van der Waals surface area contributed by atoms with E-state index < -0.39 is 0 Å². The Morgan fingerprint density at radius 3 is 2.83 bits per heavy atom. The van der Waals surface area contributed by atoms with Gasteiger partial charge in [-0.3, -0.25) is 4.79 Å². The third-order valence-corrected chi connectivity index (χ3v) is 5.75. The largest absolute Gasteiger partial charge is 0.497 e. The molecule has 2 aliphatic rings. The zero-order chi connectivity index (χ0) is 16.4. The molecule has 126 valence electrons. The van der Waals surface area contributed by atoms with E-state index in [0.29, 0.717) is 11.3 Å². The summed E-state index contributed by atoms with van der Waals surface area (Å²) in [6, 6.07) is 8.14. The van der Waals surface area contributed by atoms with Crippen LogP contribution in [0.1, 0.15) is 44.7 Å². The number of piperidine rings is 1. The van der Waals surface area contributed by atoms with Gasteiger partial charge in [-0.25, -0.2) is 0 Å². The van der Waals surface area contributed by atoms with E-state index in [0.717, 1.165) is 50.2 Å². The van der Waals surface area contributed by atoms with E-state index in [1.807, 2.05) is 23.1 Å². The van der Waals surface area contributed by atoms with Crippen molar-refractivity contribution in [2.24, 2.45) is 11.3 Å². The molecule has 1 aromatic carbocycles. The van der Waals surface area contributed by atoms with Crippen molar-refractivity contribution in [1.29, 1.82) is 0 Å². The molecule has 1 aliphatic carbocycles. The van der Waals surface area contributed by atoms with Gasteiger partial charge < -0.3 is 15.0 Å². The van der Waals surface area contributed by atoms with Gasteiger partial charge in [-0.1, -0.05) is 12.1 Å². The number of nitrogens with one attached hydrogen (secondary N) is 1. The summed E-state index contributed by atoms with van der Waals surface area (Å²) >= 11 is 0. The van der Waals surface area contributed by atoms with Gasteiger partial charge in [0, 0.05) is 12.5 Å². The van der Waals surface area contributed by atoms with Crippen LogP contribution in [0.25, 0.3) is 0 Å². The Balaban J connectivity index is 1.72. The number of nitrogens with zero attached hydrogens (tertiary/aromatic N) is 1. The van der Waals surface area contributed by atoms with Crippen LogP contribution in [0.2, 0.25) is 0 Å². The highest BCUT2D eigenvalue weighted by atomic mass is 16.5. The Labute approximate surface area is 139 Å². The van der Waals surface area contributed by atoms with Crippen molar-refractivity contribution in [3.8, 4) is 5.75 Å². The van der Waals surface area contributed by atoms with Crippen molar-refractivity contribution < 1.29 is 9.53 Å². The molecule has 1 N–H and O–H groups in total. The molecule has 1 amide bonds. The molecular formula is C19H28N2O2. The van der Waals surface area contributed by atoms with Gasteiger partial charge in [0.15, 0.2) is 0 Å². The van der Waals surface area contributed by atoms with Gasteiger partial charge in [0.05, 0.1) is 13.2 Å². The van der Waals surface area contributed by atoms with Crippen LogP contribution in [0.15, 0.2) is 24.3 Å². The van der Waals surface area contributed by atoms with Crippen molar-refractivity contribution in [2.45, 2.75) is 39.2 Å². The van der Waals surface area contributed by atoms with Crippen molar-refractivity contribution >= 4 is 5.91 Å². The van der Waals surface area contributed by atoms with Crippen molar-refractivity contribution in [1.82, 2.24) is 10.2 Å². The number of carbonyl (C=O) groups excluding carboxylic acids is 1. The van der Waals surface area contributed by atoms with Crippen molar-refractivity contribution in [3.05, 3.63) is 29.8 Å². The van der Waals surface area contributed by atoms with Gasteiger partial charge in [0.25, 0.3) is 0 Å². The summed E-state index contributed by atoms with van der Waals surface area (Å²) in [5, 5.41) is 3.41. The minimum Gasteiger partial charge on any atom is -0.497 e. The number of ether oxygens (including phenoxy) is 1. The lowest BCUT2D eigenvalue weighted by molar-refractivity contribution is -0.135. The van der Waals surface area contributed by atoms with E-state index in [-0.39, 0.29) is 12.0 Å². The van der Waals surface area contributed by atoms with E-state index >= 15 is 0 Å². The molecule has 3 rings (SSSR count). The lowest BCUT2D eigenvalue weighted by atomic mass is 9.91. The van der Waals surface area contributed by atoms with E-state index in [4.69, 9.17) is 4.74 Å². The maximum atomic E-state index is 13.1. The van der Waals surface area contributed by atoms with Crippen LogP contribution in [-0.2, 0) is 4.79 Å². The maximum absolute atomic E-state index is 13.1. The zero-order valence-corrected chi connectivity index (χ0v) is 14.5. The molecular weight excluding hydrogens is 288 g/mol. The van der Waals surface area contributed by atoms with Gasteiger partial charge >= 0.3 is 0 Å². The van der Waals surface area contributed by atoms with Crippen LogP contribution in [0.5, 0.6) is 5.75 Å². The van der Waals surface area contributed by atoms with E-state index in [1.165, 1.54) is 0 Å². The standard InChI is InChI=1S/C19H28N2O2/c1-4-21(14(2)15-6-5-7-16(12-15)23-3)18(22)17-13-19(17)8-10-20-11-9-19/h5-7,12,14,17,20H,4,8-11,13H2,1-3H3. The van der Waals surface area contributed by atoms with Crippen LogP contribution in [0.3, 0.4) is 0 Å². The Kier molecular flexibility index (Phi) is 4.62. The van der Waals surface area contributed by atoms with Crippen molar-refractivity contribution in [3.63, 3.8) is 0 Å². The van der Waals surface area contributed by atoms with Gasteiger partial charge in [-0.05, 0) is 69.3 Å². The number of methoxy groups -OCH3 is 1. The topological polar surface area (TPSA) is 41.6 Å². The Morgan fingerprint density at radius 2 is 2.17 bits per heavy atom. The molecule has 1 saturated heterocycles. The molecule has 1 saturated carbocycles. The van der Waals surface area contributed by atoms with Crippen LogP contribution in [-0.4, -0.2) is 37.6 Å². The van der Waals surface area contributed by atoms with Crippen LogP contribution >= 0.6 is 0 Å². The van der Waals surface area contributed by atoms with E-state index in [9.17, 15) is 4.79 Å². The average Bonchev–Trinajstić information content (AvgIpc) is 3.29. The summed E-state index contributed by atoms with van der Waals surface area (Å²) in [5.41, 5.74) is 1.43. The second kappa shape index (κ2) is 6.52. The number of carbonyl (C=O) groups is 1. The second-order valence-corrected chi connectivity index (χ2v) is 6.95. The first-order chi connectivity index (χ1) is 11.1. The molecule has 1 spiro atoms. The molecule has 2 atom stereocenters. The Bertz CT molecular complexity index is 566. The SMILES string of the molecule is CCN(C(=O)C1CC12CCNCC2)C(C)c1cccc(OC)c1. The van der Waals surface area contributed by atoms with Crippen LogP contribution in [0, 0.1) is 11.3 Å². The van der Waals surface area contributed by atoms with Gasteiger partial charge in [0.1, 0.15) is 5.75 Å². The number of hydrogen-bond donors (Lipinski definition) is 1. The smallest absolute Gasteiger partial charge is 0.226 e. The molecule has 0 bridgehead atoms. The minimum absolute atomic E-state index is 0.0852. The Morgan fingerprint density at radius 1 is 1.43 bits per heavy atom. The number of rotatable bonds is 5. The molecule has 1 aliphatic heterocycles. The van der Waals surface area contributed by atoms with Gasteiger partial charge in [-0.2, -0.15) is 0 Å². The summed E-state index contributed by atoms with van der Waals surface area (Å²) in [5.74, 6) is 1.42. The molecule has 4 nitrogen and oxygen atoms in total. The summed E-state index contributed by atoms with van der Waals surface area (Å²) in [6.45, 7) is 7.06. The first-order valence-corrected chi connectivity index (χ1v) is 8.76. The lowest BCUT2D eigenvalue weighted by Gasteiger charge is -2.31. The Hall–Kier alpha value is -1.55. The molecule has 23 heavy (non-hydrogen) atoms. The molecule has 4 heteroatoms. The highest BCUT2D eigenvalue weighted by molar-refractivity contribution is 5.83. The maximum Gasteiger partial charge on any atom is 0.226 e. The monoisotopic (exact) mass is 316 g/mol. The zero-order valence-electron chi connectivity index (χ0n) is 14.5. The predicted octanol–water partition coefficient (Wildman–Crippen LogP) is 2.99. The first-order valence-electron chi connectivity index (χ1n) is 8.76. The molecule has 2 unspecified atom stereocenters. The fraction of sp³-hybridized carbons (Fsp3) is 0.632. The third-order valence-electron chi connectivity index (χ3n) is 5.75. The minimum atomic E-state index is 0.0852. The molecule has 2 fully saturated rings. The van der Waals surface area contributed by atoms with Crippen molar-refractivity contribution in [2.75, 3.05) is 26.7 Å². The summed E-state index contributed by atoms with van der Waals surface area (Å²) in [7, 11) is 1.68. The highest BCUT2D eigenvalue weighted by Gasteiger charge is 2.58.